The van der Waals surface area contributed by atoms with Gasteiger partial charge in [-0.05, 0) is 27.9 Å². The molecule has 0 saturated carbocycles. The minimum absolute atomic E-state index is 0.0616. The second-order valence-electron chi connectivity index (χ2n) is 5.86. The van der Waals surface area contributed by atoms with Gasteiger partial charge in [0.2, 0.25) is 5.91 Å². The van der Waals surface area contributed by atoms with Crippen LogP contribution in [0.15, 0.2) is 0 Å². The zero-order valence-corrected chi connectivity index (χ0v) is 12.1. The van der Waals surface area contributed by atoms with E-state index < -0.39 is 0 Å². The van der Waals surface area contributed by atoms with Gasteiger partial charge in [-0.2, -0.15) is 5.26 Å². The maximum Gasteiger partial charge on any atom is 0.241 e. The Morgan fingerprint density at radius 2 is 2.11 bits per heavy atom. The predicted octanol–water partition coefficient (Wildman–Crippen LogP) is 0.383. The summed E-state index contributed by atoms with van der Waals surface area (Å²) in [6, 6.07) is 1.85. The van der Waals surface area contributed by atoms with E-state index in [-0.39, 0.29) is 23.9 Å². The average molecular weight is 252 g/mol. The van der Waals surface area contributed by atoms with Crippen LogP contribution in [0.3, 0.4) is 0 Å². The Balaban J connectivity index is 2.83. The van der Waals surface area contributed by atoms with Crippen molar-refractivity contribution < 1.29 is 4.79 Å². The summed E-state index contributed by atoms with van der Waals surface area (Å²) in [6.45, 7) is 6.67. The molecule has 1 aliphatic heterocycles. The van der Waals surface area contributed by atoms with Gasteiger partial charge < -0.3 is 9.80 Å². The zero-order valence-electron chi connectivity index (χ0n) is 12.1. The molecule has 0 aromatic carbocycles. The lowest BCUT2D eigenvalue weighted by atomic mass is 9.94. The van der Waals surface area contributed by atoms with E-state index in [2.05, 4.69) is 29.7 Å². The van der Waals surface area contributed by atoms with Crippen molar-refractivity contribution in [2.45, 2.75) is 31.8 Å². The van der Waals surface area contributed by atoms with Crippen molar-refractivity contribution in [2.24, 2.45) is 0 Å². The molecule has 0 aromatic rings. The van der Waals surface area contributed by atoms with E-state index in [1.807, 2.05) is 21.1 Å². The number of carbonyl (C=O) groups is 1. The number of carbonyl (C=O) groups excluding carboxylic acids is 1. The van der Waals surface area contributed by atoms with Crippen molar-refractivity contribution in [2.75, 3.05) is 40.8 Å². The molecule has 5 heteroatoms. The number of hydrogen-bond acceptors (Lipinski definition) is 4. The highest BCUT2D eigenvalue weighted by Gasteiger charge is 2.42. The molecule has 1 rings (SSSR count). The summed E-state index contributed by atoms with van der Waals surface area (Å²) >= 11 is 0. The Morgan fingerprint density at radius 1 is 1.50 bits per heavy atom. The molecule has 1 heterocycles. The first-order chi connectivity index (χ1) is 8.29. The van der Waals surface area contributed by atoms with Crippen LogP contribution in [-0.4, -0.2) is 73.0 Å². The van der Waals surface area contributed by atoms with Gasteiger partial charge in [-0.3, -0.25) is 9.69 Å². The minimum atomic E-state index is -0.284. The molecule has 0 aromatic heterocycles. The summed E-state index contributed by atoms with van der Waals surface area (Å²) in [5.74, 6) is 0.0616. The molecule has 0 radical (unpaired) electrons. The fraction of sp³-hybridized carbons (Fsp3) is 0.846. The summed E-state index contributed by atoms with van der Waals surface area (Å²) < 4.78 is 0. The van der Waals surface area contributed by atoms with Gasteiger partial charge in [-0.25, -0.2) is 0 Å². The normalized spacial score (nSPS) is 24.4. The Bertz CT molecular complexity index is 345. The van der Waals surface area contributed by atoms with E-state index in [0.29, 0.717) is 0 Å². The van der Waals surface area contributed by atoms with Gasteiger partial charge in [0.1, 0.15) is 6.04 Å². The Labute approximate surface area is 110 Å². The van der Waals surface area contributed by atoms with E-state index in [0.717, 1.165) is 19.6 Å². The molecule has 1 unspecified atom stereocenters. The van der Waals surface area contributed by atoms with Crippen molar-refractivity contribution in [1.29, 1.82) is 5.26 Å². The molecule has 1 fully saturated rings. The lowest BCUT2D eigenvalue weighted by Crippen LogP contribution is -2.65. The molecule has 5 nitrogen and oxygen atoms in total. The maximum absolute atomic E-state index is 12.3. The monoisotopic (exact) mass is 252 g/mol. The first kappa shape index (κ1) is 14.9. The molecule has 0 spiro atoms. The second-order valence-corrected chi connectivity index (χ2v) is 5.86. The fourth-order valence-corrected chi connectivity index (χ4v) is 2.26. The van der Waals surface area contributed by atoms with E-state index in [1.54, 1.807) is 4.90 Å². The lowest BCUT2D eigenvalue weighted by Gasteiger charge is -2.48. The number of nitrogens with zero attached hydrogens (tertiary/aromatic N) is 4. The van der Waals surface area contributed by atoms with Crippen LogP contribution < -0.4 is 0 Å². The summed E-state index contributed by atoms with van der Waals surface area (Å²) in [6.07, 6.45) is 0.271. The highest BCUT2D eigenvalue weighted by atomic mass is 16.2. The lowest BCUT2D eigenvalue weighted by molar-refractivity contribution is -0.149. The Morgan fingerprint density at radius 3 is 2.61 bits per heavy atom. The van der Waals surface area contributed by atoms with Gasteiger partial charge in [0, 0.05) is 32.2 Å². The van der Waals surface area contributed by atoms with E-state index in [1.165, 1.54) is 0 Å². The average Bonchev–Trinajstić information content (AvgIpc) is 2.28. The Hall–Kier alpha value is -1.12. The second kappa shape index (κ2) is 5.68. The van der Waals surface area contributed by atoms with Gasteiger partial charge in [0.15, 0.2) is 0 Å². The number of rotatable bonds is 4. The third-order valence-corrected chi connectivity index (χ3v) is 3.67. The predicted molar refractivity (Wildman–Crippen MR) is 71.0 cm³/mol. The van der Waals surface area contributed by atoms with Crippen LogP contribution in [0.2, 0.25) is 0 Å². The van der Waals surface area contributed by atoms with Crippen molar-refractivity contribution in [3.05, 3.63) is 0 Å². The summed E-state index contributed by atoms with van der Waals surface area (Å²) in [4.78, 5) is 18.3. The maximum atomic E-state index is 12.3. The van der Waals surface area contributed by atoms with Crippen molar-refractivity contribution in [1.82, 2.24) is 14.7 Å². The van der Waals surface area contributed by atoms with Crippen LogP contribution in [-0.2, 0) is 4.79 Å². The quantitative estimate of drug-likeness (QED) is 0.726. The Kier molecular flexibility index (Phi) is 4.71. The van der Waals surface area contributed by atoms with E-state index >= 15 is 0 Å². The highest BCUT2D eigenvalue weighted by molar-refractivity contribution is 5.83. The molecule has 0 N–H and O–H groups in total. The third-order valence-electron chi connectivity index (χ3n) is 3.67. The van der Waals surface area contributed by atoms with Gasteiger partial charge in [-0.15, -0.1) is 0 Å². The van der Waals surface area contributed by atoms with Crippen molar-refractivity contribution >= 4 is 5.91 Å². The van der Waals surface area contributed by atoms with Gasteiger partial charge in [0.25, 0.3) is 0 Å². The molecule has 1 atom stereocenters. The first-order valence-electron chi connectivity index (χ1n) is 6.33. The molecule has 0 aliphatic carbocycles. The molecule has 1 saturated heterocycles. The topological polar surface area (TPSA) is 50.6 Å². The smallest absolute Gasteiger partial charge is 0.241 e. The van der Waals surface area contributed by atoms with Crippen LogP contribution in [0.25, 0.3) is 0 Å². The van der Waals surface area contributed by atoms with Gasteiger partial charge in [-0.1, -0.05) is 0 Å². The number of piperazine rings is 1. The fourth-order valence-electron chi connectivity index (χ4n) is 2.26. The van der Waals surface area contributed by atoms with Crippen LogP contribution in [0, 0.1) is 11.3 Å². The van der Waals surface area contributed by atoms with E-state index in [9.17, 15) is 4.79 Å². The number of hydrogen-bond donors (Lipinski definition) is 0. The van der Waals surface area contributed by atoms with Crippen molar-refractivity contribution in [3.8, 4) is 6.07 Å². The van der Waals surface area contributed by atoms with Crippen LogP contribution in [0.1, 0.15) is 20.3 Å². The standard InChI is InChI=1S/C13H24N4O/c1-13(2)10-17(9-8-15(3)4)11(6-7-14)12(18)16(13)5/h11H,6,8-10H2,1-5H3. The minimum Gasteiger partial charge on any atom is -0.338 e. The molecule has 102 valence electrons. The van der Waals surface area contributed by atoms with Crippen LogP contribution in [0.4, 0.5) is 0 Å². The number of amides is 1. The van der Waals surface area contributed by atoms with E-state index in [4.69, 9.17) is 5.26 Å². The van der Waals surface area contributed by atoms with Crippen LogP contribution in [0.5, 0.6) is 0 Å². The zero-order chi connectivity index (χ0) is 13.9. The summed E-state index contributed by atoms with van der Waals surface area (Å²) in [5.41, 5.74) is -0.171. The number of nitriles is 1. The third kappa shape index (κ3) is 3.21. The number of likely N-dealkylation sites (N-methyl/N-ethyl adjacent to an activating group) is 2. The SMILES string of the molecule is CN(C)CCN1CC(C)(C)N(C)C(=O)C1CC#N. The molecule has 0 bridgehead atoms. The molecule has 1 amide bonds. The van der Waals surface area contributed by atoms with Gasteiger partial charge in [0.05, 0.1) is 12.5 Å². The largest absolute Gasteiger partial charge is 0.338 e. The molecular formula is C13H24N4O. The molecular weight excluding hydrogens is 228 g/mol. The molecule has 1 aliphatic rings. The summed E-state index contributed by atoms with van der Waals surface area (Å²) in [7, 11) is 5.86. The first-order valence-corrected chi connectivity index (χ1v) is 6.33. The highest BCUT2D eigenvalue weighted by Crippen LogP contribution is 2.25. The van der Waals surface area contributed by atoms with Crippen LogP contribution >= 0.6 is 0 Å². The van der Waals surface area contributed by atoms with Crippen molar-refractivity contribution in [3.63, 3.8) is 0 Å². The molecule has 18 heavy (non-hydrogen) atoms. The van der Waals surface area contributed by atoms with Gasteiger partial charge >= 0.3 is 0 Å². The summed E-state index contributed by atoms with van der Waals surface area (Å²) in [5, 5.41) is 8.89.